The number of aromatic nitrogens is 1. The lowest BCUT2D eigenvalue weighted by atomic mass is 10.1. The van der Waals surface area contributed by atoms with Crippen LogP contribution < -0.4 is 0 Å². The maximum atomic E-state index is 12.5. The molecule has 0 spiro atoms. The summed E-state index contributed by atoms with van der Waals surface area (Å²) in [5.74, 6) is 0.0715. The van der Waals surface area contributed by atoms with Crippen LogP contribution in [0.4, 0.5) is 0 Å². The molecule has 1 heterocycles. The average Bonchev–Trinajstić information content (AvgIpc) is 3.06. The lowest BCUT2D eigenvalue weighted by Gasteiger charge is -2.12. The molecule has 0 unspecified atom stereocenters. The van der Waals surface area contributed by atoms with Crippen molar-refractivity contribution in [3.63, 3.8) is 0 Å². The summed E-state index contributed by atoms with van der Waals surface area (Å²) in [6, 6.07) is 17.4. The number of hydrogen-bond acceptors (Lipinski definition) is 4. The van der Waals surface area contributed by atoms with Crippen LogP contribution in [0.5, 0.6) is 0 Å². The van der Waals surface area contributed by atoms with Crippen LogP contribution in [-0.2, 0) is 9.53 Å². The first kappa shape index (κ1) is 17.3. The highest BCUT2D eigenvalue weighted by molar-refractivity contribution is 7.99. The van der Waals surface area contributed by atoms with Gasteiger partial charge in [-0.15, -0.1) is 11.8 Å². The number of thioether (sulfide) groups is 1. The number of ether oxygens (including phenoxy) is 1. The van der Waals surface area contributed by atoms with Crippen LogP contribution in [0.3, 0.4) is 0 Å². The molecule has 3 rings (SSSR count). The number of ketones is 1. The van der Waals surface area contributed by atoms with Gasteiger partial charge < -0.3 is 9.72 Å². The summed E-state index contributed by atoms with van der Waals surface area (Å²) in [5.41, 5.74) is 1.44. The molecule has 0 aliphatic heterocycles. The van der Waals surface area contributed by atoms with Crippen molar-refractivity contribution in [3.8, 4) is 0 Å². The Kier molecular flexibility index (Phi) is 5.56. The van der Waals surface area contributed by atoms with Crippen LogP contribution in [0.1, 0.15) is 23.7 Å². The van der Waals surface area contributed by atoms with E-state index in [1.54, 1.807) is 24.9 Å². The Labute approximate surface area is 150 Å². The van der Waals surface area contributed by atoms with Gasteiger partial charge in [-0.1, -0.05) is 36.4 Å². The van der Waals surface area contributed by atoms with E-state index in [-0.39, 0.29) is 18.2 Å². The SMILES string of the molecule is C[C@H](OC(=O)CCSc1ccccc1)C(=O)c1c[nH]c2ccccc12. The van der Waals surface area contributed by atoms with Crippen molar-refractivity contribution in [1.29, 1.82) is 0 Å². The Morgan fingerprint density at radius 1 is 1.08 bits per heavy atom. The third-order valence-electron chi connectivity index (χ3n) is 3.85. The monoisotopic (exact) mass is 353 g/mol. The van der Waals surface area contributed by atoms with Gasteiger partial charge in [0, 0.05) is 33.3 Å². The van der Waals surface area contributed by atoms with Crippen LogP contribution in [0.2, 0.25) is 0 Å². The van der Waals surface area contributed by atoms with Crippen LogP contribution in [-0.4, -0.2) is 28.6 Å². The number of esters is 1. The second-order valence-corrected chi connectivity index (χ2v) is 6.82. The summed E-state index contributed by atoms with van der Waals surface area (Å²) < 4.78 is 5.31. The molecule has 1 N–H and O–H groups in total. The average molecular weight is 353 g/mol. The molecule has 1 aromatic heterocycles. The molecule has 5 heteroatoms. The number of para-hydroxylation sites is 1. The molecule has 3 aromatic rings. The molecule has 0 saturated heterocycles. The highest BCUT2D eigenvalue weighted by atomic mass is 32.2. The number of H-pyrrole nitrogens is 1. The number of carbonyl (C=O) groups is 2. The van der Waals surface area contributed by atoms with Crippen molar-refractivity contribution in [2.24, 2.45) is 0 Å². The Bertz CT molecular complexity index is 873. The number of aromatic amines is 1. The van der Waals surface area contributed by atoms with Gasteiger partial charge in [0.15, 0.2) is 6.10 Å². The van der Waals surface area contributed by atoms with E-state index in [4.69, 9.17) is 4.74 Å². The van der Waals surface area contributed by atoms with Gasteiger partial charge >= 0.3 is 5.97 Å². The third-order valence-corrected chi connectivity index (χ3v) is 4.86. The summed E-state index contributed by atoms with van der Waals surface area (Å²) >= 11 is 1.59. The van der Waals surface area contributed by atoms with Gasteiger partial charge in [-0.25, -0.2) is 0 Å². The molecule has 128 valence electrons. The number of Topliss-reactive ketones (excluding diaryl/α,β-unsaturated/α-hetero) is 1. The highest BCUT2D eigenvalue weighted by Gasteiger charge is 2.22. The topological polar surface area (TPSA) is 59.2 Å². The van der Waals surface area contributed by atoms with Crippen LogP contribution >= 0.6 is 11.8 Å². The fraction of sp³-hybridized carbons (Fsp3) is 0.200. The maximum Gasteiger partial charge on any atom is 0.307 e. The van der Waals surface area contributed by atoms with Gasteiger partial charge in [0.1, 0.15) is 0 Å². The fourth-order valence-electron chi connectivity index (χ4n) is 2.57. The second kappa shape index (κ2) is 8.03. The van der Waals surface area contributed by atoms with E-state index < -0.39 is 6.10 Å². The standard InChI is InChI=1S/C20H19NO3S/c1-14(20(23)17-13-21-18-10-6-5-9-16(17)18)24-19(22)11-12-25-15-7-3-2-4-8-15/h2-10,13-14,21H,11-12H2,1H3/t14-/m0/s1. The predicted octanol–water partition coefficient (Wildman–Crippen LogP) is 4.46. The molecule has 0 amide bonds. The molecule has 1 atom stereocenters. The summed E-state index contributed by atoms with van der Waals surface area (Å²) in [7, 11) is 0. The maximum absolute atomic E-state index is 12.5. The molecule has 4 nitrogen and oxygen atoms in total. The number of carbonyl (C=O) groups excluding carboxylic acids is 2. The number of hydrogen-bond donors (Lipinski definition) is 1. The van der Waals surface area contributed by atoms with Gasteiger partial charge in [0.05, 0.1) is 6.42 Å². The molecule has 0 saturated carbocycles. The molecule has 0 aliphatic carbocycles. The fourth-order valence-corrected chi connectivity index (χ4v) is 3.43. The zero-order valence-electron chi connectivity index (χ0n) is 13.9. The number of fused-ring (bicyclic) bond motifs is 1. The minimum Gasteiger partial charge on any atom is -0.454 e. The molecular weight excluding hydrogens is 334 g/mol. The van der Waals surface area contributed by atoms with Gasteiger partial charge in [-0.05, 0) is 25.1 Å². The van der Waals surface area contributed by atoms with E-state index in [0.29, 0.717) is 11.3 Å². The quantitative estimate of drug-likeness (QED) is 0.387. The van der Waals surface area contributed by atoms with Gasteiger partial charge in [0.2, 0.25) is 5.78 Å². The zero-order chi connectivity index (χ0) is 17.6. The van der Waals surface area contributed by atoms with E-state index in [1.165, 1.54) is 0 Å². The number of nitrogens with one attached hydrogen (secondary N) is 1. The summed E-state index contributed by atoms with van der Waals surface area (Å²) in [5, 5.41) is 0.843. The Morgan fingerprint density at radius 2 is 1.80 bits per heavy atom. The van der Waals surface area contributed by atoms with Gasteiger partial charge in [-0.2, -0.15) is 0 Å². The zero-order valence-corrected chi connectivity index (χ0v) is 14.7. The van der Waals surface area contributed by atoms with Gasteiger partial charge in [-0.3, -0.25) is 9.59 Å². The summed E-state index contributed by atoms with van der Waals surface area (Å²) in [6.07, 6.45) is 1.14. The van der Waals surface area contributed by atoms with E-state index in [0.717, 1.165) is 15.8 Å². The molecule has 0 bridgehead atoms. The van der Waals surface area contributed by atoms with Crippen molar-refractivity contribution >= 4 is 34.4 Å². The lowest BCUT2D eigenvalue weighted by Crippen LogP contribution is -2.24. The van der Waals surface area contributed by atoms with Crippen LogP contribution in [0, 0.1) is 0 Å². The van der Waals surface area contributed by atoms with E-state index in [1.807, 2.05) is 54.6 Å². The van der Waals surface area contributed by atoms with Crippen LogP contribution in [0.15, 0.2) is 65.7 Å². The van der Waals surface area contributed by atoms with E-state index in [2.05, 4.69) is 4.98 Å². The van der Waals surface area contributed by atoms with Gasteiger partial charge in [0.25, 0.3) is 0 Å². The Morgan fingerprint density at radius 3 is 2.60 bits per heavy atom. The van der Waals surface area contributed by atoms with Crippen molar-refractivity contribution in [2.45, 2.75) is 24.3 Å². The first-order valence-corrected chi connectivity index (χ1v) is 9.11. The predicted molar refractivity (Wildman–Crippen MR) is 100.0 cm³/mol. The Hall–Kier alpha value is -2.53. The molecule has 0 fully saturated rings. The van der Waals surface area contributed by atoms with E-state index >= 15 is 0 Å². The van der Waals surface area contributed by atoms with Crippen molar-refractivity contribution in [3.05, 3.63) is 66.4 Å². The smallest absolute Gasteiger partial charge is 0.307 e. The largest absolute Gasteiger partial charge is 0.454 e. The Balaban J connectivity index is 1.53. The summed E-state index contributed by atoms with van der Waals surface area (Å²) in [6.45, 7) is 1.62. The minimum atomic E-state index is -0.798. The number of benzene rings is 2. The first-order valence-electron chi connectivity index (χ1n) is 8.13. The van der Waals surface area contributed by atoms with E-state index in [9.17, 15) is 9.59 Å². The first-order chi connectivity index (χ1) is 12.1. The molecule has 2 aromatic carbocycles. The minimum absolute atomic E-state index is 0.193. The highest BCUT2D eigenvalue weighted by Crippen LogP contribution is 2.21. The molecule has 0 radical (unpaired) electrons. The second-order valence-electron chi connectivity index (χ2n) is 5.66. The number of rotatable bonds is 7. The van der Waals surface area contributed by atoms with Crippen molar-refractivity contribution < 1.29 is 14.3 Å². The molecule has 0 aliphatic rings. The van der Waals surface area contributed by atoms with Crippen molar-refractivity contribution in [2.75, 3.05) is 5.75 Å². The third kappa shape index (κ3) is 4.31. The molecule has 25 heavy (non-hydrogen) atoms. The molecular formula is C20H19NO3S. The van der Waals surface area contributed by atoms with Crippen LogP contribution in [0.25, 0.3) is 10.9 Å². The van der Waals surface area contributed by atoms with Crippen molar-refractivity contribution in [1.82, 2.24) is 4.98 Å². The summed E-state index contributed by atoms with van der Waals surface area (Å²) in [4.78, 5) is 28.7. The normalized spacial score (nSPS) is 12.0. The lowest BCUT2D eigenvalue weighted by molar-refractivity contribution is -0.145.